The second kappa shape index (κ2) is 3.28. The van der Waals surface area contributed by atoms with Crippen molar-refractivity contribution < 1.29 is 0 Å². The Morgan fingerprint density at radius 3 is 2.89 bits per heavy atom. The van der Waals surface area contributed by atoms with Crippen molar-refractivity contribution in [3.63, 3.8) is 0 Å². The molecule has 9 heavy (non-hydrogen) atoms. The van der Waals surface area contributed by atoms with Crippen LogP contribution in [0.1, 0.15) is 6.42 Å². The molecular weight excluding hydrogens is 155 g/mol. The number of allylic oxidation sites excluding steroid dienone is 4. The summed E-state index contributed by atoms with van der Waals surface area (Å²) in [7, 11) is 0. The molecule has 0 nitrogen and oxygen atoms in total. The zero-order valence-corrected chi connectivity index (χ0v) is 6.49. The summed E-state index contributed by atoms with van der Waals surface area (Å²) in [6.45, 7) is 0. The molecule has 0 aromatic heterocycles. The monoisotopic (exact) mass is 162 g/mol. The summed E-state index contributed by atoms with van der Waals surface area (Å²) >= 11 is 11.3. The average Bonchev–Trinajstić information content (AvgIpc) is 1.90. The standard InChI is InChI=1S/C7H8Cl2/c8-5-6-1-3-7(9)4-2-6/h1-3,7H,4-5H2. The molecule has 0 saturated heterocycles. The Bertz CT molecular complexity index is 147. The maximum absolute atomic E-state index is 5.76. The maximum atomic E-state index is 5.76. The van der Waals surface area contributed by atoms with E-state index in [2.05, 4.69) is 6.08 Å². The Morgan fingerprint density at radius 2 is 2.44 bits per heavy atom. The van der Waals surface area contributed by atoms with Gasteiger partial charge in [0.15, 0.2) is 0 Å². The van der Waals surface area contributed by atoms with Crippen molar-refractivity contribution in [3.05, 3.63) is 23.8 Å². The van der Waals surface area contributed by atoms with Crippen molar-refractivity contribution in [2.75, 3.05) is 5.88 Å². The summed E-state index contributed by atoms with van der Waals surface area (Å²) < 4.78 is 0. The van der Waals surface area contributed by atoms with Crippen LogP contribution in [-0.2, 0) is 0 Å². The van der Waals surface area contributed by atoms with Gasteiger partial charge in [-0.05, 0) is 12.0 Å². The molecule has 2 heteroatoms. The van der Waals surface area contributed by atoms with Crippen molar-refractivity contribution in [2.24, 2.45) is 0 Å². The van der Waals surface area contributed by atoms with Crippen LogP contribution in [0.15, 0.2) is 23.8 Å². The van der Waals surface area contributed by atoms with Crippen LogP contribution in [0.25, 0.3) is 0 Å². The summed E-state index contributed by atoms with van der Waals surface area (Å²) in [5, 5.41) is 0.178. The molecule has 0 aromatic carbocycles. The van der Waals surface area contributed by atoms with E-state index in [9.17, 15) is 0 Å². The third kappa shape index (κ3) is 2.04. The van der Waals surface area contributed by atoms with Gasteiger partial charge in [-0.25, -0.2) is 0 Å². The van der Waals surface area contributed by atoms with Crippen LogP contribution in [0.3, 0.4) is 0 Å². The number of hydrogen-bond acceptors (Lipinski definition) is 0. The molecule has 1 aliphatic carbocycles. The number of rotatable bonds is 1. The Hall–Kier alpha value is 0.0600. The lowest BCUT2D eigenvalue weighted by Crippen LogP contribution is -1.97. The Labute approximate surface area is 65.2 Å². The van der Waals surface area contributed by atoms with Crippen molar-refractivity contribution in [3.8, 4) is 0 Å². The molecule has 50 valence electrons. The molecule has 0 amide bonds. The molecule has 0 bridgehead atoms. The highest BCUT2D eigenvalue weighted by Crippen LogP contribution is 2.15. The van der Waals surface area contributed by atoms with Crippen molar-refractivity contribution in [1.82, 2.24) is 0 Å². The van der Waals surface area contributed by atoms with E-state index in [0.29, 0.717) is 5.88 Å². The molecule has 0 N–H and O–H groups in total. The molecule has 0 radical (unpaired) electrons. The Morgan fingerprint density at radius 1 is 1.67 bits per heavy atom. The van der Waals surface area contributed by atoms with Crippen molar-refractivity contribution in [1.29, 1.82) is 0 Å². The van der Waals surface area contributed by atoms with Crippen LogP contribution in [0.2, 0.25) is 0 Å². The van der Waals surface area contributed by atoms with Gasteiger partial charge in [0.2, 0.25) is 0 Å². The van der Waals surface area contributed by atoms with Crippen LogP contribution in [0.4, 0.5) is 0 Å². The molecule has 0 spiro atoms. The van der Waals surface area contributed by atoms with E-state index in [1.165, 1.54) is 5.57 Å². The highest BCUT2D eigenvalue weighted by molar-refractivity contribution is 6.22. The SMILES string of the molecule is ClCC1=CCC(Cl)C=C1. The Kier molecular flexibility index (Phi) is 2.62. The first-order chi connectivity index (χ1) is 4.33. The van der Waals surface area contributed by atoms with Gasteiger partial charge < -0.3 is 0 Å². The normalized spacial score (nSPS) is 26.0. The van der Waals surface area contributed by atoms with Gasteiger partial charge in [-0.1, -0.05) is 18.2 Å². The lowest BCUT2D eigenvalue weighted by atomic mass is 10.1. The zero-order valence-electron chi connectivity index (χ0n) is 4.98. The summed E-state index contributed by atoms with van der Waals surface area (Å²) in [5.74, 6) is 0.597. The lowest BCUT2D eigenvalue weighted by Gasteiger charge is -2.06. The fourth-order valence-corrected chi connectivity index (χ4v) is 1.10. The van der Waals surface area contributed by atoms with Crippen LogP contribution in [-0.4, -0.2) is 11.3 Å². The first kappa shape index (κ1) is 7.17. The lowest BCUT2D eigenvalue weighted by molar-refractivity contribution is 1.02. The second-order valence-electron chi connectivity index (χ2n) is 2.02. The maximum Gasteiger partial charge on any atom is 0.0553 e. The number of hydrogen-bond donors (Lipinski definition) is 0. The quantitative estimate of drug-likeness (QED) is 0.521. The fraction of sp³-hybridized carbons (Fsp3) is 0.429. The summed E-state index contributed by atoms with van der Waals surface area (Å²) in [6, 6.07) is 0. The third-order valence-electron chi connectivity index (χ3n) is 1.28. The number of halogens is 2. The van der Waals surface area contributed by atoms with E-state index in [0.717, 1.165) is 6.42 Å². The molecule has 0 fully saturated rings. The smallest absolute Gasteiger partial charge is 0.0553 e. The largest absolute Gasteiger partial charge is 0.122 e. The van der Waals surface area contributed by atoms with Crippen molar-refractivity contribution >= 4 is 23.2 Å². The van der Waals surface area contributed by atoms with Gasteiger partial charge in [-0.15, -0.1) is 23.2 Å². The van der Waals surface area contributed by atoms with Gasteiger partial charge in [-0.2, -0.15) is 0 Å². The van der Waals surface area contributed by atoms with Crippen LogP contribution in [0, 0.1) is 0 Å². The first-order valence-corrected chi connectivity index (χ1v) is 3.87. The summed E-state index contributed by atoms with van der Waals surface area (Å²) in [5.41, 5.74) is 1.17. The number of alkyl halides is 2. The molecule has 0 heterocycles. The predicted molar refractivity (Wildman–Crippen MR) is 42.2 cm³/mol. The van der Waals surface area contributed by atoms with Gasteiger partial charge in [0.1, 0.15) is 0 Å². The van der Waals surface area contributed by atoms with E-state index in [-0.39, 0.29) is 5.38 Å². The third-order valence-corrected chi connectivity index (χ3v) is 1.91. The Balaban J connectivity index is 2.52. The van der Waals surface area contributed by atoms with Crippen LogP contribution >= 0.6 is 23.2 Å². The second-order valence-corrected chi connectivity index (χ2v) is 2.85. The molecule has 1 rings (SSSR count). The van der Waals surface area contributed by atoms with E-state index < -0.39 is 0 Å². The van der Waals surface area contributed by atoms with E-state index in [1.54, 1.807) is 0 Å². The average molecular weight is 163 g/mol. The van der Waals surface area contributed by atoms with Gasteiger partial charge >= 0.3 is 0 Å². The first-order valence-electron chi connectivity index (χ1n) is 2.90. The minimum Gasteiger partial charge on any atom is -0.122 e. The summed E-state index contributed by atoms with van der Waals surface area (Å²) in [4.78, 5) is 0. The fourth-order valence-electron chi connectivity index (χ4n) is 0.738. The molecule has 1 atom stereocenters. The minimum absolute atomic E-state index is 0.178. The minimum atomic E-state index is 0.178. The highest BCUT2D eigenvalue weighted by atomic mass is 35.5. The molecule has 0 aromatic rings. The van der Waals surface area contributed by atoms with Crippen molar-refractivity contribution in [2.45, 2.75) is 11.8 Å². The van der Waals surface area contributed by atoms with Crippen LogP contribution in [0.5, 0.6) is 0 Å². The summed E-state index contributed by atoms with van der Waals surface area (Å²) in [6.07, 6.45) is 6.94. The van der Waals surface area contributed by atoms with E-state index in [4.69, 9.17) is 23.2 Å². The van der Waals surface area contributed by atoms with Gasteiger partial charge in [-0.3, -0.25) is 0 Å². The molecule has 1 unspecified atom stereocenters. The molecule has 0 saturated carbocycles. The van der Waals surface area contributed by atoms with E-state index in [1.807, 2.05) is 12.2 Å². The predicted octanol–water partition coefficient (Wildman–Crippen LogP) is 2.72. The molecular formula is C7H8Cl2. The van der Waals surface area contributed by atoms with E-state index >= 15 is 0 Å². The van der Waals surface area contributed by atoms with Crippen LogP contribution < -0.4 is 0 Å². The zero-order chi connectivity index (χ0) is 6.69. The topological polar surface area (TPSA) is 0 Å². The van der Waals surface area contributed by atoms with Gasteiger partial charge in [0, 0.05) is 5.88 Å². The highest BCUT2D eigenvalue weighted by Gasteiger charge is 2.02. The molecule has 1 aliphatic rings. The molecule has 0 aliphatic heterocycles. The van der Waals surface area contributed by atoms with Gasteiger partial charge in [0.25, 0.3) is 0 Å². The van der Waals surface area contributed by atoms with Gasteiger partial charge in [0.05, 0.1) is 5.38 Å².